The van der Waals surface area contributed by atoms with Crippen LogP contribution in [0.2, 0.25) is 0 Å². The van der Waals surface area contributed by atoms with Crippen LogP contribution in [0.1, 0.15) is 49.4 Å². The first-order chi connectivity index (χ1) is 17.4. The first-order valence-corrected chi connectivity index (χ1v) is 12.8. The van der Waals surface area contributed by atoms with Gasteiger partial charge in [0.1, 0.15) is 11.8 Å². The molecule has 0 aliphatic rings. The van der Waals surface area contributed by atoms with Crippen LogP contribution in [-0.2, 0) is 29.0 Å². The zero-order chi connectivity index (χ0) is 25.9. The van der Waals surface area contributed by atoms with E-state index in [0.29, 0.717) is 18.7 Å². The van der Waals surface area contributed by atoms with E-state index in [4.69, 9.17) is 4.74 Å². The van der Waals surface area contributed by atoms with Crippen molar-refractivity contribution in [3.63, 3.8) is 0 Å². The molecule has 0 fully saturated rings. The number of rotatable bonds is 12. The van der Waals surface area contributed by atoms with Gasteiger partial charge in [0, 0.05) is 19.0 Å². The molecule has 0 aliphatic heterocycles. The highest BCUT2D eigenvalue weighted by Crippen LogP contribution is 2.19. The monoisotopic (exact) mass is 486 g/mol. The number of hydrogen-bond acceptors (Lipinski definition) is 3. The molecule has 3 aromatic rings. The van der Waals surface area contributed by atoms with E-state index in [0.717, 1.165) is 29.5 Å². The molecule has 0 saturated heterocycles. The number of hydrogen-bond donors (Lipinski definition) is 1. The standard InChI is InChI=1S/C31H38N2O3/c1-5-24(4)32-31(35)29(20-26-13-8-7-9-14-26)33(21-27-15-11-10-12-23(27)3)30(34)22-36-28-18-16-25(6-2)17-19-28/h7-19,24,29H,5-6,20-22H2,1-4H3,(H,32,35)/t24-,29-/m1/s1. The summed E-state index contributed by atoms with van der Waals surface area (Å²) in [5, 5.41) is 3.10. The quantitative estimate of drug-likeness (QED) is 0.368. The van der Waals surface area contributed by atoms with E-state index >= 15 is 0 Å². The number of benzene rings is 3. The predicted molar refractivity (Wildman–Crippen MR) is 145 cm³/mol. The largest absolute Gasteiger partial charge is 0.484 e. The van der Waals surface area contributed by atoms with Gasteiger partial charge in [0.2, 0.25) is 5.91 Å². The number of carbonyl (C=O) groups is 2. The second-order valence-corrected chi connectivity index (χ2v) is 9.26. The number of aryl methyl sites for hydroxylation is 2. The normalized spacial score (nSPS) is 12.4. The van der Waals surface area contributed by atoms with Crippen LogP contribution in [0.5, 0.6) is 5.75 Å². The molecule has 3 rings (SSSR count). The zero-order valence-electron chi connectivity index (χ0n) is 21.9. The average molecular weight is 487 g/mol. The molecule has 2 atom stereocenters. The number of carbonyl (C=O) groups excluding carboxylic acids is 2. The molecule has 0 aromatic heterocycles. The lowest BCUT2D eigenvalue weighted by Crippen LogP contribution is -2.53. The molecule has 0 heterocycles. The Bertz CT molecular complexity index is 1110. The second-order valence-electron chi connectivity index (χ2n) is 9.26. The molecule has 0 bridgehead atoms. The van der Waals surface area contributed by atoms with Gasteiger partial charge in [-0.1, -0.05) is 80.6 Å². The van der Waals surface area contributed by atoms with Gasteiger partial charge in [-0.15, -0.1) is 0 Å². The Morgan fingerprint density at radius 3 is 2.19 bits per heavy atom. The Hall–Kier alpha value is -3.60. The maximum absolute atomic E-state index is 13.7. The molecule has 36 heavy (non-hydrogen) atoms. The summed E-state index contributed by atoms with van der Waals surface area (Å²) in [7, 11) is 0. The number of ether oxygens (including phenoxy) is 1. The minimum Gasteiger partial charge on any atom is -0.484 e. The SMILES string of the molecule is CCc1ccc(OCC(=O)N(Cc2ccccc2C)[C@H](Cc2ccccc2)C(=O)N[C@H](C)CC)cc1. The summed E-state index contributed by atoms with van der Waals surface area (Å²) in [6, 6.07) is 24.9. The Morgan fingerprint density at radius 1 is 0.889 bits per heavy atom. The summed E-state index contributed by atoms with van der Waals surface area (Å²) in [4.78, 5) is 28.9. The molecule has 0 aliphatic carbocycles. The van der Waals surface area contributed by atoms with Crippen LogP contribution in [-0.4, -0.2) is 35.4 Å². The van der Waals surface area contributed by atoms with Crippen molar-refractivity contribution < 1.29 is 14.3 Å². The summed E-state index contributed by atoms with van der Waals surface area (Å²) in [6.07, 6.45) is 2.17. The van der Waals surface area contributed by atoms with E-state index in [1.54, 1.807) is 4.90 Å². The van der Waals surface area contributed by atoms with Crippen LogP contribution in [0, 0.1) is 6.92 Å². The van der Waals surface area contributed by atoms with Gasteiger partial charge >= 0.3 is 0 Å². The smallest absolute Gasteiger partial charge is 0.261 e. The molecule has 0 spiro atoms. The van der Waals surface area contributed by atoms with Gasteiger partial charge in [0.15, 0.2) is 6.61 Å². The first-order valence-electron chi connectivity index (χ1n) is 12.8. The van der Waals surface area contributed by atoms with Crippen LogP contribution >= 0.6 is 0 Å². The lowest BCUT2D eigenvalue weighted by molar-refractivity contribution is -0.143. The predicted octanol–water partition coefficient (Wildman–Crippen LogP) is 5.49. The molecule has 0 unspecified atom stereocenters. The highest BCUT2D eigenvalue weighted by molar-refractivity contribution is 5.88. The number of amides is 2. The van der Waals surface area contributed by atoms with Crippen molar-refractivity contribution in [3.05, 3.63) is 101 Å². The minimum absolute atomic E-state index is 0.0134. The van der Waals surface area contributed by atoms with Gasteiger partial charge in [-0.3, -0.25) is 9.59 Å². The fourth-order valence-corrected chi connectivity index (χ4v) is 4.02. The van der Waals surface area contributed by atoms with E-state index in [9.17, 15) is 9.59 Å². The van der Waals surface area contributed by atoms with Crippen LogP contribution in [0.25, 0.3) is 0 Å². The van der Waals surface area contributed by atoms with E-state index in [2.05, 4.69) is 12.2 Å². The molecule has 3 aromatic carbocycles. The maximum atomic E-state index is 13.7. The molecule has 5 nitrogen and oxygen atoms in total. The number of nitrogens with one attached hydrogen (secondary N) is 1. The van der Waals surface area contributed by atoms with Gasteiger partial charge < -0.3 is 15.0 Å². The molecule has 190 valence electrons. The summed E-state index contributed by atoms with van der Waals surface area (Å²) in [5.74, 6) is 0.264. The molecule has 2 amide bonds. The van der Waals surface area contributed by atoms with Gasteiger partial charge in [0.05, 0.1) is 0 Å². The molecule has 1 N–H and O–H groups in total. The van der Waals surface area contributed by atoms with Crippen LogP contribution in [0.4, 0.5) is 0 Å². The lowest BCUT2D eigenvalue weighted by Gasteiger charge is -2.32. The third-order valence-electron chi connectivity index (χ3n) is 6.57. The fourth-order valence-electron chi connectivity index (χ4n) is 4.02. The summed E-state index contributed by atoms with van der Waals surface area (Å²) < 4.78 is 5.88. The molecular formula is C31H38N2O3. The highest BCUT2D eigenvalue weighted by Gasteiger charge is 2.31. The van der Waals surface area contributed by atoms with Crippen molar-refractivity contribution >= 4 is 11.8 Å². The zero-order valence-corrected chi connectivity index (χ0v) is 21.9. The average Bonchev–Trinajstić information content (AvgIpc) is 2.91. The molecule has 0 saturated carbocycles. The van der Waals surface area contributed by atoms with Crippen molar-refractivity contribution in [2.75, 3.05) is 6.61 Å². The van der Waals surface area contributed by atoms with Crippen molar-refractivity contribution in [2.45, 2.75) is 65.6 Å². The van der Waals surface area contributed by atoms with Crippen molar-refractivity contribution in [2.24, 2.45) is 0 Å². The van der Waals surface area contributed by atoms with E-state index < -0.39 is 6.04 Å². The maximum Gasteiger partial charge on any atom is 0.261 e. The van der Waals surface area contributed by atoms with Gasteiger partial charge in [0.25, 0.3) is 5.91 Å². The number of nitrogens with zero attached hydrogens (tertiary/aromatic N) is 1. The van der Waals surface area contributed by atoms with Crippen LogP contribution < -0.4 is 10.1 Å². The topological polar surface area (TPSA) is 58.6 Å². The third-order valence-corrected chi connectivity index (χ3v) is 6.57. The third kappa shape index (κ3) is 7.70. The van der Waals surface area contributed by atoms with E-state index in [1.165, 1.54) is 5.56 Å². The van der Waals surface area contributed by atoms with Crippen molar-refractivity contribution in [1.29, 1.82) is 0 Å². The Labute approximate surface area is 215 Å². The summed E-state index contributed by atoms with van der Waals surface area (Å²) >= 11 is 0. The van der Waals surface area contributed by atoms with Gasteiger partial charge in [-0.25, -0.2) is 0 Å². The fraction of sp³-hybridized carbons (Fsp3) is 0.355. The molecular weight excluding hydrogens is 448 g/mol. The summed E-state index contributed by atoms with van der Waals surface area (Å²) in [6.45, 7) is 8.32. The Kier molecular flexibility index (Phi) is 10.1. The Morgan fingerprint density at radius 2 is 1.56 bits per heavy atom. The van der Waals surface area contributed by atoms with Crippen LogP contribution in [0.15, 0.2) is 78.9 Å². The second kappa shape index (κ2) is 13.5. The van der Waals surface area contributed by atoms with E-state index in [1.807, 2.05) is 99.6 Å². The Balaban J connectivity index is 1.90. The van der Waals surface area contributed by atoms with Crippen molar-refractivity contribution in [1.82, 2.24) is 10.2 Å². The molecule has 0 radical (unpaired) electrons. The highest BCUT2D eigenvalue weighted by atomic mass is 16.5. The van der Waals surface area contributed by atoms with Gasteiger partial charge in [-0.2, -0.15) is 0 Å². The summed E-state index contributed by atoms with van der Waals surface area (Å²) in [5.41, 5.74) is 4.29. The van der Waals surface area contributed by atoms with E-state index in [-0.39, 0.29) is 24.5 Å². The van der Waals surface area contributed by atoms with Gasteiger partial charge in [-0.05, 0) is 61.1 Å². The minimum atomic E-state index is -0.667. The first kappa shape index (κ1) is 27.0. The van der Waals surface area contributed by atoms with Crippen molar-refractivity contribution in [3.8, 4) is 5.75 Å². The molecule has 5 heteroatoms. The van der Waals surface area contributed by atoms with Crippen LogP contribution in [0.3, 0.4) is 0 Å². The lowest BCUT2D eigenvalue weighted by atomic mass is 10.0.